The molecule has 1 nitrogen and oxygen atoms in total. The zero-order valence-corrected chi connectivity index (χ0v) is 8.61. The van der Waals surface area contributed by atoms with E-state index in [0.717, 1.165) is 0 Å². The Labute approximate surface area is 77.0 Å². The predicted octanol–water partition coefficient (Wildman–Crippen LogP) is 0.648. The van der Waals surface area contributed by atoms with Crippen LogP contribution >= 0.6 is 11.3 Å². The van der Waals surface area contributed by atoms with Gasteiger partial charge in [0, 0.05) is 6.92 Å². The first-order valence-electron chi connectivity index (χ1n) is 3.95. The standard InChI is InChI=1S/C10H14NS/c1-5-7-10-9(6-2)11(4)8(3)12-10/h5-7H,1H2,2-4H3/q+1/b9-6+,10-7+. The topological polar surface area (TPSA) is 3.88 Å². The van der Waals surface area contributed by atoms with Crippen molar-refractivity contribution in [3.05, 3.63) is 27.5 Å². The van der Waals surface area contributed by atoms with Crippen molar-refractivity contribution < 1.29 is 4.57 Å². The predicted molar refractivity (Wildman–Crippen MR) is 54.3 cm³/mol. The number of thiazole rings is 1. The van der Waals surface area contributed by atoms with Crippen molar-refractivity contribution in [3.8, 4) is 0 Å². The number of hydrogen-bond donors (Lipinski definition) is 0. The molecule has 0 aliphatic heterocycles. The zero-order valence-electron chi connectivity index (χ0n) is 7.79. The molecule has 0 amide bonds. The van der Waals surface area contributed by atoms with Crippen molar-refractivity contribution >= 4 is 23.5 Å². The van der Waals surface area contributed by atoms with Gasteiger partial charge in [-0.1, -0.05) is 24.0 Å². The molecule has 0 saturated carbocycles. The number of nitrogens with zero attached hydrogens (tertiary/aromatic N) is 1. The molecule has 0 saturated heterocycles. The minimum atomic E-state index is 1.28. The molecule has 0 N–H and O–H groups in total. The van der Waals surface area contributed by atoms with Crippen LogP contribution in [-0.4, -0.2) is 0 Å². The third-order valence-electron chi connectivity index (χ3n) is 1.89. The van der Waals surface area contributed by atoms with Crippen molar-refractivity contribution in [2.75, 3.05) is 0 Å². The van der Waals surface area contributed by atoms with Crippen LogP contribution in [0.4, 0.5) is 0 Å². The summed E-state index contributed by atoms with van der Waals surface area (Å²) in [7, 11) is 2.08. The fourth-order valence-corrected chi connectivity index (χ4v) is 2.25. The van der Waals surface area contributed by atoms with Crippen LogP contribution in [0.25, 0.3) is 12.2 Å². The molecule has 0 radical (unpaired) electrons. The van der Waals surface area contributed by atoms with Gasteiger partial charge in [-0.2, -0.15) is 4.57 Å². The van der Waals surface area contributed by atoms with Gasteiger partial charge in [-0.3, -0.25) is 0 Å². The smallest absolute Gasteiger partial charge is 0.189 e. The number of allylic oxidation sites excluding steroid dienone is 1. The van der Waals surface area contributed by atoms with E-state index in [0.29, 0.717) is 0 Å². The van der Waals surface area contributed by atoms with Crippen LogP contribution in [0.3, 0.4) is 0 Å². The highest BCUT2D eigenvalue weighted by molar-refractivity contribution is 7.09. The first-order valence-corrected chi connectivity index (χ1v) is 4.77. The second-order valence-electron chi connectivity index (χ2n) is 2.62. The van der Waals surface area contributed by atoms with Gasteiger partial charge in [0.25, 0.3) is 0 Å². The molecule has 12 heavy (non-hydrogen) atoms. The van der Waals surface area contributed by atoms with Crippen molar-refractivity contribution in [1.29, 1.82) is 0 Å². The Balaban J connectivity index is 3.63. The van der Waals surface area contributed by atoms with Gasteiger partial charge in [0.15, 0.2) is 0 Å². The number of rotatable bonds is 1. The maximum atomic E-state index is 3.70. The molecule has 0 bridgehead atoms. The van der Waals surface area contributed by atoms with Crippen molar-refractivity contribution in [3.63, 3.8) is 0 Å². The summed E-state index contributed by atoms with van der Waals surface area (Å²) in [5, 5.41) is 2.59. The molecule has 0 aromatic carbocycles. The highest BCUT2D eigenvalue weighted by Crippen LogP contribution is 1.88. The van der Waals surface area contributed by atoms with Gasteiger partial charge in [0.1, 0.15) is 11.6 Å². The summed E-state index contributed by atoms with van der Waals surface area (Å²) in [4.78, 5) is 0. The molecule has 0 unspecified atom stereocenters. The fourth-order valence-electron chi connectivity index (χ4n) is 1.18. The van der Waals surface area contributed by atoms with E-state index in [9.17, 15) is 0 Å². The van der Waals surface area contributed by atoms with Crippen LogP contribution in [0.2, 0.25) is 0 Å². The summed E-state index contributed by atoms with van der Waals surface area (Å²) in [6.45, 7) is 7.88. The molecule has 1 aromatic heterocycles. The fraction of sp³-hybridized carbons (Fsp3) is 0.300. The van der Waals surface area contributed by atoms with E-state index >= 15 is 0 Å². The van der Waals surface area contributed by atoms with E-state index in [2.05, 4.69) is 38.1 Å². The van der Waals surface area contributed by atoms with Gasteiger partial charge in [-0.15, -0.1) is 0 Å². The maximum Gasteiger partial charge on any atom is 0.234 e. The molecule has 1 heterocycles. The van der Waals surface area contributed by atoms with Gasteiger partial charge < -0.3 is 0 Å². The molecule has 0 aliphatic rings. The normalized spacial score (nSPS) is 13.9. The Hall–Kier alpha value is -0.890. The summed E-state index contributed by atoms with van der Waals surface area (Å²) < 4.78 is 3.48. The number of aromatic nitrogens is 1. The summed E-state index contributed by atoms with van der Waals surface area (Å²) in [6, 6.07) is 0. The quantitative estimate of drug-likeness (QED) is 0.559. The van der Waals surface area contributed by atoms with E-state index in [1.165, 1.54) is 14.9 Å². The Morgan fingerprint density at radius 1 is 1.50 bits per heavy atom. The molecule has 1 aromatic rings. The van der Waals surface area contributed by atoms with E-state index in [1.54, 1.807) is 11.3 Å². The summed E-state index contributed by atoms with van der Waals surface area (Å²) >= 11 is 1.80. The highest BCUT2D eigenvalue weighted by atomic mass is 32.1. The molecule has 0 aliphatic carbocycles. The van der Waals surface area contributed by atoms with Crippen LogP contribution < -0.4 is 14.4 Å². The van der Waals surface area contributed by atoms with Crippen LogP contribution in [0, 0.1) is 6.92 Å². The molecule has 2 heteroatoms. The lowest BCUT2D eigenvalue weighted by atomic mass is 10.4. The Kier molecular flexibility index (Phi) is 2.82. The molecule has 0 atom stereocenters. The molecular formula is C10H14NS+. The minimum Gasteiger partial charge on any atom is -0.189 e. The Morgan fingerprint density at radius 2 is 2.17 bits per heavy atom. The van der Waals surface area contributed by atoms with Crippen LogP contribution in [0.1, 0.15) is 11.9 Å². The van der Waals surface area contributed by atoms with Gasteiger partial charge in [-0.05, 0) is 19.1 Å². The van der Waals surface area contributed by atoms with Gasteiger partial charge in [0.05, 0.1) is 0 Å². The Bertz CT molecular complexity index is 398. The van der Waals surface area contributed by atoms with Crippen LogP contribution in [0.5, 0.6) is 0 Å². The van der Waals surface area contributed by atoms with Crippen molar-refractivity contribution in [1.82, 2.24) is 0 Å². The Morgan fingerprint density at radius 3 is 2.67 bits per heavy atom. The monoisotopic (exact) mass is 180 g/mol. The van der Waals surface area contributed by atoms with E-state index in [4.69, 9.17) is 0 Å². The largest absolute Gasteiger partial charge is 0.234 e. The van der Waals surface area contributed by atoms with Crippen LogP contribution in [-0.2, 0) is 7.05 Å². The van der Waals surface area contributed by atoms with Gasteiger partial charge in [0.2, 0.25) is 10.4 Å². The minimum absolute atomic E-state index is 1.28. The lowest BCUT2D eigenvalue weighted by molar-refractivity contribution is -0.685. The van der Waals surface area contributed by atoms with E-state index in [1.807, 2.05) is 12.2 Å². The maximum absolute atomic E-state index is 3.70. The third-order valence-corrected chi connectivity index (χ3v) is 3.02. The lowest BCUT2D eigenvalue weighted by Gasteiger charge is -1.78. The third kappa shape index (κ3) is 1.48. The van der Waals surface area contributed by atoms with E-state index in [-0.39, 0.29) is 0 Å². The van der Waals surface area contributed by atoms with E-state index < -0.39 is 0 Å². The first kappa shape index (κ1) is 9.20. The molecule has 1 rings (SSSR count). The number of aryl methyl sites for hydroxylation is 1. The van der Waals surface area contributed by atoms with Crippen molar-refractivity contribution in [2.24, 2.45) is 7.05 Å². The summed E-state index contributed by atoms with van der Waals surface area (Å²) in [5.74, 6) is 0. The van der Waals surface area contributed by atoms with Gasteiger partial charge >= 0.3 is 0 Å². The second-order valence-corrected chi connectivity index (χ2v) is 3.86. The second kappa shape index (κ2) is 3.68. The van der Waals surface area contributed by atoms with Crippen molar-refractivity contribution in [2.45, 2.75) is 13.8 Å². The average Bonchev–Trinajstić information content (AvgIpc) is 2.29. The average molecular weight is 180 g/mol. The lowest BCUT2D eigenvalue weighted by Crippen LogP contribution is -2.50. The molecular weight excluding hydrogens is 166 g/mol. The summed E-state index contributed by atoms with van der Waals surface area (Å²) in [5.41, 5.74) is 0. The van der Waals surface area contributed by atoms with Crippen LogP contribution in [0.15, 0.2) is 12.7 Å². The molecule has 0 spiro atoms. The molecule has 64 valence electrons. The molecule has 0 fully saturated rings. The summed E-state index contributed by atoms with van der Waals surface area (Å²) in [6.07, 6.45) is 6.00. The van der Waals surface area contributed by atoms with Gasteiger partial charge in [-0.25, -0.2) is 0 Å². The highest BCUT2D eigenvalue weighted by Gasteiger charge is 2.06. The number of hydrogen-bond acceptors (Lipinski definition) is 1. The zero-order chi connectivity index (χ0) is 9.14. The SMILES string of the molecule is C=C/C=c1/sc(C)[n+](C)/c1=C/C. The first-order chi connectivity index (χ1) is 5.70.